The lowest BCUT2D eigenvalue weighted by Gasteiger charge is -2.50. The SMILES string of the molecule is CN[C@]1(C(C)C)[C@@H]2CC[C@@H](O2)C1(C)C. The summed E-state index contributed by atoms with van der Waals surface area (Å²) in [5.74, 6) is 0.623. The van der Waals surface area contributed by atoms with Gasteiger partial charge in [-0.25, -0.2) is 0 Å². The predicted octanol–water partition coefficient (Wildman–Crippen LogP) is 2.19. The molecule has 2 fully saturated rings. The minimum absolute atomic E-state index is 0.177. The summed E-state index contributed by atoms with van der Waals surface area (Å²) in [6, 6.07) is 0. The van der Waals surface area contributed by atoms with E-state index in [4.69, 9.17) is 4.74 Å². The zero-order valence-electron chi connectivity index (χ0n) is 10.1. The van der Waals surface area contributed by atoms with Crippen LogP contribution in [0.2, 0.25) is 0 Å². The van der Waals surface area contributed by atoms with Gasteiger partial charge in [0.25, 0.3) is 0 Å². The maximum atomic E-state index is 6.09. The minimum Gasteiger partial charge on any atom is -0.372 e. The molecule has 0 aromatic heterocycles. The lowest BCUT2D eigenvalue weighted by molar-refractivity contribution is 0.0561. The quantitative estimate of drug-likeness (QED) is 0.732. The molecule has 2 rings (SSSR count). The average Bonchev–Trinajstić information content (AvgIpc) is 2.60. The van der Waals surface area contributed by atoms with Gasteiger partial charge in [0.05, 0.1) is 17.7 Å². The van der Waals surface area contributed by atoms with Gasteiger partial charge < -0.3 is 10.1 Å². The molecule has 0 aromatic carbocycles. The first-order valence-electron chi connectivity index (χ1n) is 5.81. The Balaban J connectivity index is 2.41. The molecule has 0 unspecified atom stereocenters. The summed E-state index contributed by atoms with van der Waals surface area (Å²) in [4.78, 5) is 0. The van der Waals surface area contributed by atoms with Crippen molar-refractivity contribution in [2.75, 3.05) is 7.05 Å². The fraction of sp³-hybridized carbons (Fsp3) is 1.00. The molecule has 0 aliphatic carbocycles. The number of nitrogens with one attached hydrogen (secondary N) is 1. The largest absolute Gasteiger partial charge is 0.372 e. The van der Waals surface area contributed by atoms with E-state index in [-0.39, 0.29) is 11.0 Å². The van der Waals surface area contributed by atoms with Gasteiger partial charge in [0, 0.05) is 5.41 Å². The highest BCUT2D eigenvalue weighted by molar-refractivity contribution is 5.17. The molecule has 2 saturated heterocycles. The molecule has 2 bridgehead atoms. The van der Waals surface area contributed by atoms with Crippen molar-refractivity contribution in [1.82, 2.24) is 5.32 Å². The second-order valence-corrected chi connectivity index (χ2v) is 5.69. The zero-order chi connectivity index (χ0) is 10.6. The third kappa shape index (κ3) is 0.938. The number of likely N-dealkylation sites (N-methyl/N-ethyl adjacent to an activating group) is 1. The molecule has 0 aromatic rings. The van der Waals surface area contributed by atoms with Crippen LogP contribution in [-0.4, -0.2) is 24.8 Å². The Morgan fingerprint density at radius 2 is 1.79 bits per heavy atom. The molecule has 82 valence electrons. The Labute approximate surface area is 87.4 Å². The first-order valence-corrected chi connectivity index (χ1v) is 5.81. The van der Waals surface area contributed by atoms with Crippen LogP contribution in [0, 0.1) is 11.3 Å². The van der Waals surface area contributed by atoms with E-state index in [1.807, 2.05) is 0 Å². The molecule has 0 amide bonds. The minimum atomic E-state index is 0.177. The van der Waals surface area contributed by atoms with Gasteiger partial charge in [-0.2, -0.15) is 0 Å². The van der Waals surface area contributed by atoms with Crippen molar-refractivity contribution in [1.29, 1.82) is 0 Å². The summed E-state index contributed by atoms with van der Waals surface area (Å²) in [7, 11) is 2.09. The Morgan fingerprint density at radius 1 is 1.21 bits per heavy atom. The lowest BCUT2D eigenvalue weighted by atomic mass is 9.58. The fourth-order valence-electron chi connectivity index (χ4n) is 4.07. The van der Waals surface area contributed by atoms with Crippen LogP contribution in [-0.2, 0) is 4.74 Å². The van der Waals surface area contributed by atoms with Gasteiger partial charge in [0.15, 0.2) is 0 Å². The van der Waals surface area contributed by atoms with E-state index in [0.717, 1.165) is 0 Å². The van der Waals surface area contributed by atoms with Gasteiger partial charge in [-0.1, -0.05) is 27.7 Å². The molecule has 2 aliphatic heterocycles. The molecule has 2 heteroatoms. The van der Waals surface area contributed by atoms with Crippen LogP contribution in [0.3, 0.4) is 0 Å². The van der Waals surface area contributed by atoms with Gasteiger partial charge >= 0.3 is 0 Å². The number of hydrogen-bond acceptors (Lipinski definition) is 2. The molecule has 0 saturated carbocycles. The van der Waals surface area contributed by atoms with E-state index >= 15 is 0 Å². The van der Waals surface area contributed by atoms with Crippen LogP contribution >= 0.6 is 0 Å². The summed E-state index contributed by atoms with van der Waals surface area (Å²) in [6.07, 6.45) is 3.36. The first kappa shape index (κ1) is 10.4. The van der Waals surface area contributed by atoms with E-state index in [0.29, 0.717) is 18.1 Å². The van der Waals surface area contributed by atoms with Gasteiger partial charge in [0.1, 0.15) is 0 Å². The number of fused-ring (bicyclic) bond motifs is 2. The normalized spacial score (nSPS) is 45.0. The highest BCUT2D eigenvalue weighted by atomic mass is 16.5. The molecule has 0 spiro atoms. The van der Waals surface area contributed by atoms with Crippen molar-refractivity contribution >= 4 is 0 Å². The van der Waals surface area contributed by atoms with Crippen molar-refractivity contribution in [2.45, 2.75) is 58.3 Å². The van der Waals surface area contributed by atoms with Crippen LogP contribution in [0.1, 0.15) is 40.5 Å². The summed E-state index contributed by atoms with van der Waals surface area (Å²) >= 11 is 0. The average molecular weight is 197 g/mol. The van der Waals surface area contributed by atoms with Crippen LogP contribution in [0.15, 0.2) is 0 Å². The maximum Gasteiger partial charge on any atom is 0.0770 e. The molecule has 2 aliphatic rings. The van der Waals surface area contributed by atoms with Gasteiger partial charge in [-0.15, -0.1) is 0 Å². The van der Waals surface area contributed by atoms with Crippen molar-refractivity contribution in [3.05, 3.63) is 0 Å². The molecule has 14 heavy (non-hydrogen) atoms. The predicted molar refractivity (Wildman–Crippen MR) is 58.3 cm³/mol. The van der Waals surface area contributed by atoms with E-state index in [1.54, 1.807) is 0 Å². The summed E-state index contributed by atoms with van der Waals surface area (Å²) in [6.45, 7) is 9.32. The zero-order valence-corrected chi connectivity index (χ0v) is 10.1. The van der Waals surface area contributed by atoms with Gasteiger partial charge in [-0.3, -0.25) is 0 Å². The third-order valence-electron chi connectivity index (χ3n) is 4.72. The van der Waals surface area contributed by atoms with Crippen molar-refractivity contribution in [3.8, 4) is 0 Å². The summed E-state index contributed by atoms with van der Waals surface area (Å²) in [5.41, 5.74) is 0.439. The number of ether oxygens (including phenoxy) is 1. The lowest BCUT2D eigenvalue weighted by Crippen LogP contribution is -2.64. The molecule has 2 nitrogen and oxygen atoms in total. The van der Waals surface area contributed by atoms with E-state index in [2.05, 4.69) is 40.1 Å². The van der Waals surface area contributed by atoms with Crippen LogP contribution in [0.4, 0.5) is 0 Å². The van der Waals surface area contributed by atoms with Crippen molar-refractivity contribution < 1.29 is 4.74 Å². The van der Waals surface area contributed by atoms with E-state index in [9.17, 15) is 0 Å². The second kappa shape index (κ2) is 2.96. The van der Waals surface area contributed by atoms with Gasteiger partial charge in [0.2, 0.25) is 0 Å². The molecule has 2 heterocycles. The highest BCUT2D eigenvalue weighted by Crippen LogP contribution is 2.56. The smallest absolute Gasteiger partial charge is 0.0770 e. The van der Waals surface area contributed by atoms with Crippen molar-refractivity contribution in [3.63, 3.8) is 0 Å². The Morgan fingerprint density at radius 3 is 2.07 bits per heavy atom. The molecule has 1 N–H and O–H groups in total. The maximum absolute atomic E-state index is 6.09. The van der Waals surface area contributed by atoms with Gasteiger partial charge in [-0.05, 0) is 25.8 Å². The molecular weight excluding hydrogens is 174 g/mol. The second-order valence-electron chi connectivity index (χ2n) is 5.69. The van der Waals surface area contributed by atoms with E-state index < -0.39 is 0 Å². The number of rotatable bonds is 2. The topological polar surface area (TPSA) is 21.3 Å². The summed E-state index contributed by atoms with van der Waals surface area (Å²) < 4.78 is 6.09. The highest BCUT2D eigenvalue weighted by Gasteiger charge is 2.64. The summed E-state index contributed by atoms with van der Waals surface area (Å²) in [5, 5.41) is 3.57. The molecular formula is C12H23NO. The Hall–Kier alpha value is -0.0800. The number of hydrogen-bond donors (Lipinski definition) is 1. The van der Waals surface area contributed by atoms with Crippen LogP contribution < -0.4 is 5.32 Å². The standard InChI is InChI=1S/C12H23NO/c1-8(2)12(13-5)10-7-6-9(14-10)11(12,3)4/h8-10,13H,6-7H2,1-5H3/t9-,10+,12-/m1/s1. The Kier molecular flexibility index (Phi) is 2.20. The monoisotopic (exact) mass is 197 g/mol. The van der Waals surface area contributed by atoms with Crippen LogP contribution in [0.25, 0.3) is 0 Å². The molecule has 3 atom stereocenters. The molecule has 0 radical (unpaired) electrons. The Bertz CT molecular complexity index is 236. The third-order valence-corrected chi connectivity index (χ3v) is 4.72. The first-order chi connectivity index (χ1) is 6.46. The van der Waals surface area contributed by atoms with E-state index in [1.165, 1.54) is 12.8 Å². The van der Waals surface area contributed by atoms with Crippen LogP contribution in [0.5, 0.6) is 0 Å². The fourth-order valence-corrected chi connectivity index (χ4v) is 4.07. The van der Waals surface area contributed by atoms with Crippen molar-refractivity contribution in [2.24, 2.45) is 11.3 Å².